The Kier molecular flexibility index (Phi) is 4.05. The number of nitrogens with zero attached hydrogens (tertiary/aromatic N) is 1. The maximum atomic E-state index is 12.2. The van der Waals surface area contributed by atoms with Gasteiger partial charge in [-0.05, 0) is 34.7 Å². The third-order valence-corrected chi connectivity index (χ3v) is 2.36. The molecule has 0 aliphatic rings. The molecular weight excluding hydrogens is 343 g/mol. The molecule has 1 N–H and O–H groups in total. The predicted octanol–water partition coefficient (Wildman–Crippen LogP) is 2.61. The van der Waals surface area contributed by atoms with Crippen LogP contribution in [0.1, 0.15) is 5.69 Å². The molecule has 1 heterocycles. The van der Waals surface area contributed by atoms with Gasteiger partial charge in [0.15, 0.2) is 6.67 Å². The Morgan fingerprint density at radius 3 is 2.50 bits per heavy atom. The summed E-state index contributed by atoms with van der Waals surface area (Å²) in [5.74, 6) is -0.931. The van der Waals surface area contributed by atoms with Gasteiger partial charge in [0.05, 0.1) is 5.69 Å². The number of alkyl halides is 4. The quantitative estimate of drug-likeness (QED) is 0.507. The highest BCUT2D eigenvalue weighted by Gasteiger charge is 2.32. The predicted molar refractivity (Wildman–Crippen MR) is 56.6 cm³/mol. The number of pyridine rings is 1. The van der Waals surface area contributed by atoms with Gasteiger partial charge in [-0.25, -0.2) is 9.37 Å². The Balaban J connectivity index is 2.96. The zero-order valence-corrected chi connectivity index (χ0v) is 9.76. The van der Waals surface area contributed by atoms with Gasteiger partial charge in [0.1, 0.15) is 9.39 Å². The number of nitrogens with one attached hydrogen (secondary N) is 1. The zero-order chi connectivity index (χ0) is 12.3. The number of hydrogen-bond donors (Lipinski definition) is 1. The molecule has 0 spiro atoms. The van der Waals surface area contributed by atoms with Crippen LogP contribution in [0, 0.1) is 3.70 Å². The molecule has 0 unspecified atom stereocenters. The van der Waals surface area contributed by atoms with Crippen LogP contribution in [-0.4, -0.2) is 17.6 Å². The normalized spacial score (nSPS) is 11.3. The van der Waals surface area contributed by atoms with Crippen LogP contribution >= 0.6 is 22.6 Å². The summed E-state index contributed by atoms with van der Waals surface area (Å²) in [7, 11) is 0. The van der Waals surface area contributed by atoms with Crippen LogP contribution in [0.3, 0.4) is 0 Å². The largest absolute Gasteiger partial charge is 0.433 e. The Morgan fingerprint density at radius 1 is 1.44 bits per heavy atom. The SMILES string of the molecule is O=C(CF)Nc1ccc(C(F)(F)F)nc1I. The van der Waals surface area contributed by atoms with Crippen molar-refractivity contribution >= 4 is 34.2 Å². The lowest BCUT2D eigenvalue weighted by atomic mass is 10.3. The maximum Gasteiger partial charge on any atom is 0.433 e. The van der Waals surface area contributed by atoms with Crippen molar-refractivity contribution in [2.45, 2.75) is 6.18 Å². The fourth-order valence-corrected chi connectivity index (χ4v) is 1.44. The molecule has 3 nitrogen and oxygen atoms in total. The molecule has 1 rings (SSSR count). The fraction of sp³-hybridized carbons (Fsp3) is 0.250. The van der Waals surface area contributed by atoms with Crippen molar-refractivity contribution in [2.24, 2.45) is 0 Å². The van der Waals surface area contributed by atoms with Crippen molar-refractivity contribution in [3.63, 3.8) is 0 Å². The molecule has 1 amide bonds. The molecule has 0 saturated carbocycles. The summed E-state index contributed by atoms with van der Waals surface area (Å²) in [6.45, 7) is -1.24. The van der Waals surface area contributed by atoms with Gasteiger partial charge >= 0.3 is 6.18 Å². The van der Waals surface area contributed by atoms with E-state index in [1.165, 1.54) is 22.6 Å². The lowest BCUT2D eigenvalue weighted by Gasteiger charge is -2.09. The lowest BCUT2D eigenvalue weighted by Crippen LogP contribution is -2.16. The molecule has 0 atom stereocenters. The van der Waals surface area contributed by atoms with Crippen molar-refractivity contribution in [3.8, 4) is 0 Å². The van der Waals surface area contributed by atoms with E-state index in [0.29, 0.717) is 0 Å². The van der Waals surface area contributed by atoms with E-state index >= 15 is 0 Å². The van der Waals surface area contributed by atoms with Gasteiger partial charge in [-0.1, -0.05) is 0 Å². The van der Waals surface area contributed by atoms with Gasteiger partial charge in [0.25, 0.3) is 5.91 Å². The Morgan fingerprint density at radius 2 is 2.06 bits per heavy atom. The molecule has 88 valence electrons. The van der Waals surface area contributed by atoms with Gasteiger partial charge in [0, 0.05) is 0 Å². The minimum absolute atomic E-state index is 0.0470. The van der Waals surface area contributed by atoms with E-state index in [-0.39, 0.29) is 9.39 Å². The molecule has 8 heteroatoms. The molecule has 0 bridgehead atoms. The first-order chi connectivity index (χ1) is 7.34. The number of rotatable bonds is 2. The van der Waals surface area contributed by atoms with Crippen molar-refractivity contribution < 1.29 is 22.4 Å². The second kappa shape index (κ2) is 4.93. The number of halogens is 5. The monoisotopic (exact) mass is 348 g/mol. The van der Waals surface area contributed by atoms with E-state index < -0.39 is 24.5 Å². The number of amides is 1. The van der Waals surface area contributed by atoms with Gasteiger partial charge in [-0.2, -0.15) is 13.2 Å². The molecule has 0 fully saturated rings. The highest BCUT2D eigenvalue weighted by molar-refractivity contribution is 14.1. The van der Waals surface area contributed by atoms with Crippen LogP contribution in [0.5, 0.6) is 0 Å². The first-order valence-corrected chi connectivity index (χ1v) is 5.02. The van der Waals surface area contributed by atoms with Crippen LogP contribution in [-0.2, 0) is 11.0 Å². The molecular formula is C8H5F4IN2O. The molecule has 0 radical (unpaired) electrons. The third-order valence-electron chi connectivity index (χ3n) is 1.53. The van der Waals surface area contributed by atoms with E-state index in [1.807, 2.05) is 0 Å². The molecule has 16 heavy (non-hydrogen) atoms. The van der Waals surface area contributed by atoms with Gasteiger partial charge in [0.2, 0.25) is 0 Å². The van der Waals surface area contributed by atoms with Crippen LogP contribution in [0.15, 0.2) is 12.1 Å². The minimum atomic E-state index is -4.54. The molecule has 1 aromatic rings. The molecule has 0 saturated heterocycles. The van der Waals surface area contributed by atoms with Crippen molar-refractivity contribution in [1.82, 2.24) is 4.98 Å². The van der Waals surface area contributed by atoms with Crippen molar-refractivity contribution in [3.05, 3.63) is 21.5 Å². The summed E-state index contributed by atoms with van der Waals surface area (Å²) < 4.78 is 48.5. The first-order valence-electron chi connectivity index (χ1n) is 3.94. The summed E-state index contributed by atoms with van der Waals surface area (Å²) in [6.07, 6.45) is -4.54. The van der Waals surface area contributed by atoms with Crippen LogP contribution < -0.4 is 5.32 Å². The topological polar surface area (TPSA) is 42.0 Å². The number of carbonyl (C=O) groups is 1. The van der Waals surface area contributed by atoms with Gasteiger partial charge in [-0.15, -0.1) is 0 Å². The first kappa shape index (κ1) is 13.1. The highest BCUT2D eigenvalue weighted by atomic mass is 127. The van der Waals surface area contributed by atoms with Crippen molar-refractivity contribution in [2.75, 3.05) is 12.0 Å². The Labute approximate surface area is 101 Å². The van der Waals surface area contributed by atoms with E-state index in [0.717, 1.165) is 12.1 Å². The van der Waals surface area contributed by atoms with Crippen molar-refractivity contribution in [1.29, 1.82) is 0 Å². The number of anilines is 1. The highest BCUT2D eigenvalue weighted by Crippen LogP contribution is 2.29. The van der Waals surface area contributed by atoms with E-state index in [4.69, 9.17) is 0 Å². The molecule has 1 aromatic heterocycles. The second-order valence-corrected chi connectivity index (χ2v) is 3.74. The van der Waals surface area contributed by atoms with Crippen LogP contribution in [0.25, 0.3) is 0 Å². The Bertz CT molecular complexity index is 408. The summed E-state index contributed by atoms with van der Waals surface area (Å²) >= 11 is 1.53. The molecule has 0 aromatic carbocycles. The Hall–Kier alpha value is -0.930. The minimum Gasteiger partial charge on any atom is -0.322 e. The van der Waals surface area contributed by atoms with Gasteiger partial charge < -0.3 is 5.32 Å². The standard InChI is InChI=1S/C8H5F4IN2O/c9-3-6(16)14-4-1-2-5(8(10,11)12)15-7(4)13/h1-2H,3H2,(H,14,16). The zero-order valence-electron chi connectivity index (χ0n) is 7.61. The second-order valence-electron chi connectivity index (χ2n) is 2.71. The average molecular weight is 348 g/mol. The smallest absolute Gasteiger partial charge is 0.322 e. The number of aromatic nitrogens is 1. The summed E-state index contributed by atoms with van der Waals surface area (Å²) in [5, 5.41) is 2.09. The average Bonchev–Trinajstić information content (AvgIpc) is 2.19. The van der Waals surface area contributed by atoms with E-state index in [2.05, 4.69) is 10.3 Å². The summed E-state index contributed by atoms with van der Waals surface area (Å²) in [5.41, 5.74) is -1.01. The van der Waals surface area contributed by atoms with Crippen LogP contribution in [0.4, 0.5) is 23.2 Å². The molecule has 0 aliphatic heterocycles. The molecule has 0 aliphatic carbocycles. The van der Waals surface area contributed by atoms with Crippen LogP contribution in [0.2, 0.25) is 0 Å². The summed E-state index contributed by atoms with van der Waals surface area (Å²) in [4.78, 5) is 13.9. The van der Waals surface area contributed by atoms with E-state index in [9.17, 15) is 22.4 Å². The summed E-state index contributed by atoms with van der Waals surface area (Å²) in [6, 6.07) is 1.75. The van der Waals surface area contributed by atoms with Gasteiger partial charge in [-0.3, -0.25) is 4.79 Å². The lowest BCUT2D eigenvalue weighted by molar-refractivity contribution is -0.141. The number of hydrogen-bond acceptors (Lipinski definition) is 2. The third kappa shape index (κ3) is 3.29. The van der Waals surface area contributed by atoms with E-state index in [1.54, 1.807) is 0 Å². The maximum absolute atomic E-state index is 12.2. The fourth-order valence-electron chi connectivity index (χ4n) is 0.869. The number of carbonyl (C=O) groups excluding carboxylic acids is 1.